The number of carbonyl (C=O) groups excluding carboxylic acids is 2. The molecule has 0 rings (SSSR count). The summed E-state index contributed by atoms with van der Waals surface area (Å²) in [5.41, 5.74) is -0.679. The Morgan fingerprint density at radius 3 is 2.26 bits per heavy atom. The first-order chi connectivity index (χ1) is 10.3. The number of hydrogen-bond acceptors (Lipinski definition) is 4. The van der Waals surface area contributed by atoms with Gasteiger partial charge in [-0.3, -0.25) is 0 Å². The highest BCUT2D eigenvalue weighted by Crippen LogP contribution is 2.12. The van der Waals surface area contributed by atoms with Crippen molar-refractivity contribution in [3.8, 4) is 0 Å². The van der Waals surface area contributed by atoms with Crippen LogP contribution in [0.25, 0.3) is 0 Å². The monoisotopic (exact) mass is 346 g/mol. The highest BCUT2D eigenvalue weighted by Gasteiger charge is 2.23. The normalized spacial score (nSPS) is 13.1. The first-order valence-corrected chi connectivity index (χ1v) is 11.5. The van der Waals surface area contributed by atoms with Gasteiger partial charge in [0, 0.05) is 14.6 Å². The van der Waals surface area contributed by atoms with Gasteiger partial charge in [-0.25, -0.2) is 9.59 Å². The van der Waals surface area contributed by atoms with Crippen molar-refractivity contribution in [1.29, 1.82) is 0 Å². The summed E-state index contributed by atoms with van der Waals surface area (Å²) in [5.74, 6) is 0. The zero-order valence-electron chi connectivity index (χ0n) is 15.0. The van der Waals surface area contributed by atoms with Crippen LogP contribution in [0.4, 0.5) is 9.59 Å². The zero-order chi connectivity index (χ0) is 18.3. The molecular weight excluding hydrogens is 316 g/mol. The second kappa shape index (κ2) is 8.90. The Labute approximate surface area is 139 Å². The van der Waals surface area contributed by atoms with Crippen LogP contribution in [-0.2, 0) is 9.53 Å². The minimum atomic E-state index is -1.24. The van der Waals surface area contributed by atoms with Crippen molar-refractivity contribution < 1.29 is 24.2 Å². The maximum atomic E-state index is 11.7. The van der Waals surface area contributed by atoms with Crippen LogP contribution in [0.15, 0.2) is 0 Å². The van der Waals surface area contributed by atoms with Gasteiger partial charge in [-0.2, -0.15) is 0 Å². The van der Waals surface area contributed by atoms with Crippen LogP contribution in [0.3, 0.4) is 0 Å². The highest BCUT2D eigenvalue weighted by molar-refractivity contribution is 6.76. The van der Waals surface area contributed by atoms with E-state index in [2.05, 4.69) is 25.0 Å². The van der Waals surface area contributed by atoms with Crippen LogP contribution >= 0.6 is 0 Å². The van der Waals surface area contributed by atoms with E-state index in [0.29, 0.717) is 12.8 Å². The summed E-state index contributed by atoms with van der Waals surface area (Å²) in [6, 6.07) is 0.0787. The predicted molar refractivity (Wildman–Crippen MR) is 91.6 cm³/mol. The molecule has 0 unspecified atom stereocenters. The van der Waals surface area contributed by atoms with Gasteiger partial charge in [0.2, 0.25) is 0 Å². The van der Waals surface area contributed by atoms with Crippen molar-refractivity contribution in [2.45, 2.75) is 64.5 Å². The number of ether oxygens (including phenoxy) is 1. The summed E-state index contributed by atoms with van der Waals surface area (Å²) >= 11 is 0. The lowest BCUT2D eigenvalue weighted by Crippen LogP contribution is -2.48. The van der Waals surface area contributed by atoms with Crippen LogP contribution < -0.4 is 5.32 Å². The molecule has 0 saturated carbocycles. The van der Waals surface area contributed by atoms with E-state index in [1.54, 1.807) is 20.8 Å². The standard InChI is InChI=1S/C15H30N2O5Si/c1-15(2,3)22-13(19)16-12(11-18)10-17(14(20)21)8-7-9-23(4,5)6/h11-12H,7-10H2,1-6H3,(H,16,19)(H,20,21)/t12-/m1/s1. The SMILES string of the molecule is CC(C)(C)OC(=O)N[C@@H](C=O)CN(CCC[Si](C)(C)C)C(=O)O. The third-order valence-electron chi connectivity index (χ3n) is 2.91. The number of aldehydes is 1. The molecule has 0 aromatic carbocycles. The first kappa shape index (κ1) is 21.4. The number of nitrogens with zero attached hydrogens (tertiary/aromatic N) is 1. The molecule has 7 nitrogen and oxygen atoms in total. The van der Waals surface area contributed by atoms with Crippen molar-refractivity contribution in [3.05, 3.63) is 0 Å². The maximum Gasteiger partial charge on any atom is 0.408 e. The summed E-state index contributed by atoms with van der Waals surface area (Å²) < 4.78 is 5.07. The van der Waals surface area contributed by atoms with E-state index in [1.165, 1.54) is 0 Å². The molecule has 0 fully saturated rings. The van der Waals surface area contributed by atoms with E-state index in [1.807, 2.05) is 0 Å². The molecule has 1 atom stereocenters. The third-order valence-corrected chi connectivity index (χ3v) is 4.76. The Morgan fingerprint density at radius 1 is 1.30 bits per heavy atom. The van der Waals surface area contributed by atoms with E-state index in [4.69, 9.17) is 4.74 Å². The fourth-order valence-corrected chi connectivity index (χ4v) is 3.10. The fraction of sp³-hybridized carbons (Fsp3) is 0.800. The molecule has 0 saturated heterocycles. The Kier molecular flexibility index (Phi) is 8.29. The van der Waals surface area contributed by atoms with E-state index in [-0.39, 0.29) is 6.54 Å². The zero-order valence-corrected chi connectivity index (χ0v) is 16.0. The summed E-state index contributed by atoms with van der Waals surface area (Å²) in [6.45, 7) is 12.1. The van der Waals surface area contributed by atoms with Crippen molar-refractivity contribution >= 4 is 26.5 Å². The third kappa shape index (κ3) is 11.6. The van der Waals surface area contributed by atoms with Crippen LogP contribution in [0, 0.1) is 0 Å². The molecule has 8 heteroatoms. The van der Waals surface area contributed by atoms with Gasteiger partial charge >= 0.3 is 12.2 Å². The number of hydrogen-bond donors (Lipinski definition) is 2. The van der Waals surface area contributed by atoms with E-state index in [9.17, 15) is 19.5 Å². The van der Waals surface area contributed by atoms with Gasteiger partial charge in [-0.05, 0) is 27.2 Å². The molecule has 0 spiro atoms. The second-order valence-corrected chi connectivity index (χ2v) is 13.4. The largest absolute Gasteiger partial charge is 0.465 e. The predicted octanol–water partition coefficient (Wildman–Crippen LogP) is 2.79. The van der Waals surface area contributed by atoms with Crippen LogP contribution in [0.2, 0.25) is 25.7 Å². The fourth-order valence-electron chi connectivity index (χ4n) is 1.88. The molecule has 0 aliphatic carbocycles. The summed E-state index contributed by atoms with van der Waals surface area (Å²) in [4.78, 5) is 35.2. The molecule has 23 heavy (non-hydrogen) atoms. The summed E-state index contributed by atoms with van der Waals surface area (Å²) in [5, 5.41) is 11.6. The van der Waals surface area contributed by atoms with E-state index >= 15 is 0 Å². The Hall–Kier alpha value is -1.57. The molecule has 0 aliphatic rings. The lowest BCUT2D eigenvalue weighted by atomic mass is 10.2. The van der Waals surface area contributed by atoms with Crippen LogP contribution in [0.1, 0.15) is 27.2 Å². The summed E-state index contributed by atoms with van der Waals surface area (Å²) in [7, 11) is -1.24. The molecular formula is C15H30N2O5Si. The Morgan fingerprint density at radius 2 is 1.87 bits per heavy atom. The number of rotatable bonds is 8. The van der Waals surface area contributed by atoms with Crippen molar-refractivity contribution in [2.24, 2.45) is 0 Å². The van der Waals surface area contributed by atoms with Crippen LogP contribution in [-0.4, -0.2) is 61.3 Å². The Bertz CT molecular complexity index is 415. The average molecular weight is 347 g/mol. The topological polar surface area (TPSA) is 95.9 Å². The van der Waals surface area contributed by atoms with Crippen molar-refractivity contribution in [1.82, 2.24) is 10.2 Å². The van der Waals surface area contributed by atoms with Gasteiger partial charge in [-0.15, -0.1) is 0 Å². The number of carbonyl (C=O) groups is 3. The van der Waals surface area contributed by atoms with Gasteiger partial charge in [0.05, 0.1) is 6.54 Å². The van der Waals surface area contributed by atoms with Gasteiger partial charge in [0.25, 0.3) is 0 Å². The molecule has 134 valence electrons. The smallest absolute Gasteiger partial charge is 0.408 e. The quantitative estimate of drug-likeness (QED) is 0.520. The molecule has 2 N–H and O–H groups in total. The van der Waals surface area contributed by atoms with Crippen molar-refractivity contribution in [2.75, 3.05) is 13.1 Å². The average Bonchev–Trinajstić information content (AvgIpc) is 2.32. The van der Waals surface area contributed by atoms with Gasteiger partial charge in [-0.1, -0.05) is 25.7 Å². The Balaban J connectivity index is 4.55. The number of amides is 2. The highest BCUT2D eigenvalue weighted by atomic mass is 28.3. The molecule has 0 aliphatic heterocycles. The molecule has 0 heterocycles. The minimum Gasteiger partial charge on any atom is -0.465 e. The second-order valence-electron chi connectivity index (χ2n) is 7.78. The van der Waals surface area contributed by atoms with Gasteiger partial charge in [0.1, 0.15) is 17.9 Å². The number of nitrogens with one attached hydrogen (secondary N) is 1. The lowest BCUT2D eigenvalue weighted by Gasteiger charge is -2.26. The minimum absolute atomic E-state index is 0.0796. The molecule has 2 amide bonds. The van der Waals surface area contributed by atoms with Crippen molar-refractivity contribution in [3.63, 3.8) is 0 Å². The molecule has 0 bridgehead atoms. The van der Waals surface area contributed by atoms with E-state index < -0.39 is 31.9 Å². The van der Waals surface area contributed by atoms with Gasteiger partial charge in [0.15, 0.2) is 0 Å². The lowest BCUT2D eigenvalue weighted by molar-refractivity contribution is -0.109. The molecule has 0 aromatic rings. The molecule has 0 aromatic heterocycles. The maximum absolute atomic E-state index is 11.7. The van der Waals surface area contributed by atoms with E-state index in [0.717, 1.165) is 17.4 Å². The number of alkyl carbamates (subject to hydrolysis) is 1. The molecule has 0 radical (unpaired) electrons. The first-order valence-electron chi connectivity index (χ1n) is 7.77. The van der Waals surface area contributed by atoms with Gasteiger partial charge < -0.3 is 24.9 Å². The van der Waals surface area contributed by atoms with Crippen LogP contribution in [0.5, 0.6) is 0 Å². The number of carboxylic acid groups (broad SMARTS) is 1. The summed E-state index contributed by atoms with van der Waals surface area (Å²) in [6.07, 6.45) is -0.557.